The lowest BCUT2D eigenvalue weighted by molar-refractivity contribution is 0.243. The highest BCUT2D eigenvalue weighted by Gasteiger charge is 2.22. The fraction of sp³-hybridized carbons (Fsp3) is 0.400. The molecular formula is C20H23N3OS. The third-order valence-electron chi connectivity index (χ3n) is 4.99. The summed E-state index contributed by atoms with van der Waals surface area (Å²) in [7, 11) is 0. The van der Waals surface area contributed by atoms with Gasteiger partial charge in [0.25, 0.3) is 5.56 Å². The lowest BCUT2D eigenvalue weighted by atomic mass is 10.1. The first kappa shape index (κ1) is 16.5. The van der Waals surface area contributed by atoms with Crippen molar-refractivity contribution in [2.75, 3.05) is 6.54 Å². The molecule has 0 spiro atoms. The lowest BCUT2D eigenvalue weighted by Crippen LogP contribution is -2.35. The Bertz CT molecular complexity index is 973. The van der Waals surface area contributed by atoms with Crippen molar-refractivity contribution < 1.29 is 0 Å². The van der Waals surface area contributed by atoms with Crippen molar-refractivity contribution in [3.63, 3.8) is 0 Å². The van der Waals surface area contributed by atoms with Crippen LogP contribution in [0.3, 0.4) is 0 Å². The zero-order valence-electron chi connectivity index (χ0n) is 14.8. The van der Waals surface area contributed by atoms with Gasteiger partial charge in [0, 0.05) is 42.1 Å². The van der Waals surface area contributed by atoms with E-state index in [1.54, 1.807) is 0 Å². The maximum atomic E-state index is 12.4. The normalized spacial score (nSPS) is 14.8. The second-order valence-corrected chi connectivity index (χ2v) is 7.93. The first-order chi connectivity index (χ1) is 12.2. The molecule has 2 aromatic heterocycles. The molecule has 3 heterocycles. The summed E-state index contributed by atoms with van der Waals surface area (Å²) in [5, 5.41) is 1.35. The average molecular weight is 353 g/mol. The minimum absolute atomic E-state index is 0.0474. The topological polar surface area (TPSA) is 49.0 Å². The molecule has 1 aromatic carbocycles. The summed E-state index contributed by atoms with van der Waals surface area (Å²) in [6, 6.07) is 8.58. The van der Waals surface area contributed by atoms with Gasteiger partial charge in [-0.2, -0.15) is 0 Å². The second-order valence-electron chi connectivity index (χ2n) is 6.79. The molecule has 0 aliphatic carbocycles. The minimum atomic E-state index is 0.0474. The zero-order valence-corrected chi connectivity index (χ0v) is 15.6. The molecule has 0 unspecified atom stereocenters. The van der Waals surface area contributed by atoms with E-state index >= 15 is 0 Å². The molecule has 1 aliphatic heterocycles. The van der Waals surface area contributed by atoms with Crippen molar-refractivity contribution in [1.29, 1.82) is 0 Å². The fourth-order valence-corrected chi connectivity index (χ4v) is 4.85. The third-order valence-corrected chi connectivity index (χ3v) is 6.25. The van der Waals surface area contributed by atoms with Crippen LogP contribution in [0.25, 0.3) is 10.1 Å². The van der Waals surface area contributed by atoms with Gasteiger partial charge in [0.05, 0.1) is 11.3 Å². The molecular weight excluding hydrogens is 330 g/mol. The van der Waals surface area contributed by atoms with Crippen LogP contribution in [0.1, 0.15) is 40.9 Å². The number of nitrogens with zero attached hydrogens (tertiary/aromatic N) is 2. The number of hydrogen-bond acceptors (Lipinski definition) is 4. The molecule has 0 saturated heterocycles. The predicted molar refractivity (Wildman–Crippen MR) is 103 cm³/mol. The Labute approximate surface area is 151 Å². The van der Waals surface area contributed by atoms with E-state index in [0.717, 1.165) is 49.4 Å². The molecule has 4 nitrogen and oxygen atoms in total. The van der Waals surface area contributed by atoms with Crippen LogP contribution in [-0.2, 0) is 25.9 Å². The van der Waals surface area contributed by atoms with Crippen LogP contribution in [0.4, 0.5) is 0 Å². The maximum absolute atomic E-state index is 12.4. The quantitative estimate of drug-likeness (QED) is 0.776. The van der Waals surface area contributed by atoms with Gasteiger partial charge in [0.15, 0.2) is 0 Å². The molecule has 0 radical (unpaired) electrons. The molecule has 0 bridgehead atoms. The summed E-state index contributed by atoms with van der Waals surface area (Å²) < 4.78 is 1.34. The Balaban J connectivity index is 1.58. The van der Waals surface area contributed by atoms with E-state index in [4.69, 9.17) is 0 Å². The smallest absolute Gasteiger partial charge is 0.255 e. The number of nitrogens with one attached hydrogen (secondary N) is 1. The van der Waals surface area contributed by atoms with E-state index in [9.17, 15) is 4.79 Å². The number of fused-ring (bicyclic) bond motifs is 2. The Kier molecular flexibility index (Phi) is 4.44. The molecule has 0 saturated carbocycles. The molecule has 130 valence electrons. The van der Waals surface area contributed by atoms with Crippen LogP contribution >= 0.6 is 11.3 Å². The van der Waals surface area contributed by atoms with Crippen LogP contribution < -0.4 is 5.56 Å². The molecule has 3 aromatic rings. The van der Waals surface area contributed by atoms with Gasteiger partial charge in [-0.1, -0.05) is 25.1 Å². The number of aryl methyl sites for hydroxylation is 2. The van der Waals surface area contributed by atoms with Crippen LogP contribution in [0.2, 0.25) is 0 Å². The van der Waals surface area contributed by atoms with Crippen molar-refractivity contribution in [3.8, 4) is 0 Å². The highest BCUT2D eigenvalue weighted by molar-refractivity contribution is 7.19. The summed E-state index contributed by atoms with van der Waals surface area (Å²) in [5.74, 6) is 0.833. The van der Waals surface area contributed by atoms with Crippen LogP contribution in [0, 0.1) is 6.92 Å². The van der Waals surface area contributed by atoms with Gasteiger partial charge < -0.3 is 4.98 Å². The summed E-state index contributed by atoms with van der Waals surface area (Å²) in [5.41, 5.74) is 3.27. The second kappa shape index (κ2) is 6.73. The molecule has 4 rings (SSSR count). The van der Waals surface area contributed by atoms with E-state index in [2.05, 4.69) is 53.0 Å². The number of aromatic amines is 1. The molecule has 1 N–H and O–H groups in total. The molecule has 5 heteroatoms. The van der Waals surface area contributed by atoms with E-state index in [-0.39, 0.29) is 5.56 Å². The van der Waals surface area contributed by atoms with Crippen molar-refractivity contribution in [2.24, 2.45) is 0 Å². The van der Waals surface area contributed by atoms with Gasteiger partial charge in [-0.25, -0.2) is 4.98 Å². The van der Waals surface area contributed by atoms with Crippen molar-refractivity contribution in [2.45, 2.75) is 46.2 Å². The third kappa shape index (κ3) is 3.14. The van der Waals surface area contributed by atoms with Crippen molar-refractivity contribution in [3.05, 3.63) is 62.1 Å². The summed E-state index contributed by atoms with van der Waals surface area (Å²) in [4.78, 5) is 23.9. The van der Waals surface area contributed by atoms with Gasteiger partial charge in [-0.15, -0.1) is 11.3 Å². The minimum Gasteiger partial charge on any atom is -0.310 e. The monoisotopic (exact) mass is 353 g/mol. The number of rotatable bonds is 4. The molecule has 1 aliphatic rings. The maximum Gasteiger partial charge on any atom is 0.255 e. The predicted octanol–water partition coefficient (Wildman–Crippen LogP) is 3.80. The van der Waals surface area contributed by atoms with E-state index < -0.39 is 0 Å². The number of benzene rings is 1. The Morgan fingerprint density at radius 2 is 2.16 bits per heavy atom. The highest BCUT2D eigenvalue weighted by atomic mass is 32.1. The van der Waals surface area contributed by atoms with Gasteiger partial charge >= 0.3 is 0 Å². The Morgan fingerprint density at radius 1 is 1.32 bits per heavy atom. The summed E-state index contributed by atoms with van der Waals surface area (Å²) in [6.07, 6.45) is 2.70. The molecule has 0 amide bonds. The van der Waals surface area contributed by atoms with Gasteiger partial charge in [0.1, 0.15) is 5.82 Å². The molecule has 25 heavy (non-hydrogen) atoms. The van der Waals surface area contributed by atoms with E-state index in [0.29, 0.717) is 6.54 Å². The highest BCUT2D eigenvalue weighted by Crippen LogP contribution is 2.32. The largest absolute Gasteiger partial charge is 0.310 e. The number of aromatic nitrogens is 2. The first-order valence-electron chi connectivity index (χ1n) is 8.96. The van der Waals surface area contributed by atoms with Gasteiger partial charge in [-0.05, 0) is 30.4 Å². The van der Waals surface area contributed by atoms with Gasteiger partial charge in [0.2, 0.25) is 0 Å². The number of hydrogen-bond donors (Lipinski definition) is 1. The van der Waals surface area contributed by atoms with Crippen molar-refractivity contribution >= 4 is 21.4 Å². The fourth-order valence-electron chi connectivity index (χ4n) is 3.60. The number of H-pyrrole nitrogens is 1. The first-order valence-corrected chi connectivity index (χ1v) is 9.77. The molecule has 0 fully saturated rings. The Hall–Kier alpha value is -1.98. The number of thiophene rings is 1. The van der Waals surface area contributed by atoms with Crippen LogP contribution in [0.5, 0.6) is 0 Å². The van der Waals surface area contributed by atoms with E-state index in [1.807, 2.05) is 11.3 Å². The van der Waals surface area contributed by atoms with Crippen molar-refractivity contribution in [1.82, 2.24) is 14.9 Å². The molecule has 0 atom stereocenters. The van der Waals surface area contributed by atoms with Gasteiger partial charge in [-0.3, -0.25) is 9.69 Å². The van der Waals surface area contributed by atoms with E-state index in [1.165, 1.54) is 20.5 Å². The summed E-state index contributed by atoms with van der Waals surface area (Å²) >= 11 is 1.87. The SMILES string of the molecule is CCCc1nc2c(c(=O)[nH]1)CN(Cc1sc3ccccc3c1C)CC2. The van der Waals surface area contributed by atoms with Crippen LogP contribution in [0.15, 0.2) is 29.1 Å². The standard InChI is InChI=1S/C20H23N3OS/c1-3-6-19-21-16-9-10-23(11-15(16)20(24)22-19)12-18-13(2)14-7-4-5-8-17(14)25-18/h4-5,7-8H,3,6,9-12H2,1-2H3,(H,21,22,24). The van der Waals surface area contributed by atoms with Crippen LogP contribution in [-0.4, -0.2) is 21.4 Å². The zero-order chi connectivity index (χ0) is 17.4. The Morgan fingerprint density at radius 3 is 2.96 bits per heavy atom. The lowest BCUT2D eigenvalue weighted by Gasteiger charge is -2.27. The summed E-state index contributed by atoms with van der Waals surface area (Å²) in [6.45, 7) is 6.87. The average Bonchev–Trinajstić information content (AvgIpc) is 2.92.